The Labute approximate surface area is 217 Å². The van der Waals surface area contributed by atoms with Crippen LogP contribution in [0.4, 0.5) is 0 Å². The summed E-state index contributed by atoms with van der Waals surface area (Å²) in [5.41, 5.74) is 6.69. The van der Waals surface area contributed by atoms with Gasteiger partial charge in [0.05, 0.1) is 17.6 Å². The average molecular weight is 548 g/mol. The van der Waals surface area contributed by atoms with Crippen LogP contribution in [0.1, 0.15) is 49.9 Å². The van der Waals surface area contributed by atoms with E-state index in [0.29, 0.717) is 33.5 Å². The second-order valence-electron chi connectivity index (χ2n) is 9.21. The smallest absolute Gasteiger partial charge is 0.273 e. The van der Waals surface area contributed by atoms with Gasteiger partial charge in [0.25, 0.3) is 5.91 Å². The molecule has 3 N–H and O–H groups in total. The van der Waals surface area contributed by atoms with Crippen molar-refractivity contribution in [3.05, 3.63) is 92.1 Å². The van der Waals surface area contributed by atoms with Crippen LogP contribution in [0.15, 0.2) is 53.0 Å². The monoisotopic (exact) mass is 547 g/mol. The molecule has 1 aliphatic heterocycles. The maximum Gasteiger partial charge on any atom is 0.273 e. The third-order valence-electron chi connectivity index (χ3n) is 6.62. The van der Waals surface area contributed by atoms with E-state index in [1.54, 1.807) is 17.0 Å². The molecule has 1 amide bonds. The second kappa shape index (κ2) is 9.02. The van der Waals surface area contributed by atoms with Gasteiger partial charge < -0.3 is 19.8 Å². The molecule has 0 bridgehead atoms. The number of nitrogens with one attached hydrogen (secondary N) is 1. The zero-order valence-electron chi connectivity index (χ0n) is 20.4. The van der Waals surface area contributed by atoms with Crippen LogP contribution in [0.3, 0.4) is 0 Å². The first kappa shape index (κ1) is 23.9. The van der Waals surface area contributed by atoms with E-state index < -0.39 is 6.04 Å². The molecule has 0 saturated heterocycles. The van der Waals surface area contributed by atoms with Gasteiger partial charge in [-0.2, -0.15) is 5.10 Å². The predicted octanol–water partition coefficient (Wildman–Crippen LogP) is 5.93. The maximum atomic E-state index is 13.7. The Balaban J connectivity index is 1.72. The number of phenols is 2. The largest absolute Gasteiger partial charge is 0.507 e. The minimum atomic E-state index is -0.534. The van der Waals surface area contributed by atoms with Crippen LogP contribution in [0.2, 0.25) is 0 Å². The first-order valence-corrected chi connectivity index (χ1v) is 12.3. The molecular formula is C28H26BrN3O4. The minimum absolute atomic E-state index is 0.0183. The maximum absolute atomic E-state index is 13.7. The highest BCUT2D eigenvalue weighted by Crippen LogP contribution is 2.48. The minimum Gasteiger partial charge on any atom is -0.507 e. The Morgan fingerprint density at radius 1 is 1.03 bits per heavy atom. The molecule has 3 aromatic carbocycles. The molecule has 36 heavy (non-hydrogen) atoms. The number of aromatic hydroxyl groups is 2. The number of hydrogen-bond donors (Lipinski definition) is 3. The van der Waals surface area contributed by atoms with Crippen LogP contribution in [0.25, 0.3) is 11.3 Å². The van der Waals surface area contributed by atoms with Crippen LogP contribution in [-0.4, -0.2) is 38.3 Å². The van der Waals surface area contributed by atoms with Crippen molar-refractivity contribution in [3.8, 4) is 28.5 Å². The Bertz CT molecular complexity index is 1490. The number of fused-ring (bicyclic) bond motifs is 1. The number of phenolic OH excluding ortho intramolecular Hbond substituents is 2. The van der Waals surface area contributed by atoms with E-state index in [2.05, 4.69) is 26.1 Å². The number of carbonyl (C=O) groups excluding carboxylic acids is 1. The van der Waals surface area contributed by atoms with Crippen LogP contribution < -0.4 is 4.74 Å². The quantitative estimate of drug-likeness (QED) is 0.287. The molecule has 0 radical (unpaired) electrons. The van der Waals surface area contributed by atoms with Gasteiger partial charge in [-0.05, 0) is 77.2 Å². The molecule has 1 atom stereocenters. The Morgan fingerprint density at radius 2 is 1.75 bits per heavy atom. The molecule has 1 aromatic heterocycles. The molecule has 184 valence electrons. The van der Waals surface area contributed by atoms with Gasteiger partial charge in [-0.25, -0.2) is 0 Å². The summed E-state index contributed by atoms with van der Waals surface area (Å²) < 4.78 is 5.86. The first-order chi connectivity index (χ1) is 17.2. The number of aromatic amines is 1. The SMILES string of the molecule is COc1cc(C2c3c(-c4cc(C)cc(C)c4O)n[nH]c3C(=O)N2Cc2ccc(C)cc2)cc(Br)c1O. The van der Waals surface area contributed by atoms with Crippen LogP contribution in [0, 0.1) is 20.8 Å². The number of nitrogens with zero attached hydrogens (tertiary/aromatic N) is 2. The number of aryl methyl sites for hydroxylation is 3. The lowest BCUT2D eigenvalue weighted by Crippen LogP contribution is -2.29. The van der Waals surface area contributed by atoms with E-state index in [4.69, 9.17) is 4.74 Å². The summed E-state index contributed by atoms with van der Waals surface area (Å²) in [5, 5.41) is 28.8. The highest BCUT2D eigenvalue weighted by atomic mass is 79.9. The molecule has 0 fully saturated rings. The number of H-pyrrole nitrogens is 1. The summed E-state index contributed by atoms with van der Waals surface area (Å²) in [6, 6.07) is 14.8. The van der Waals surface area contributed by atoms with Gasteiger partial charge in [0.15, 0.2) is 11.5 Å². The number of amides is 1. The van der Waals surface area contributed by atoms with Gasteiger partial charge >= 0.3 is 0 Å². The number of halogens is 1. The molecule has 0 spiro atoms. The summed E-state index contributed by atoms with van der Waals surface area (Å²) >= 11 is 3.42. The van der Waals surface area contributed by atoms with Gasteiger partial charge in [0.2, 0.25) is 0 Å². The van der Waals surface area contributed by atoms with Crippen molar-refractivity contribution < 1.29 is 19.7 Å². The number of aromatic nitrogens is 2. The van der Waals surface area contributed by atoms with E-state index in [1.807, 2.05) is 57.2 Å². The summed E-state index contributed by atoms with van der Waals surface area (Å²) in [4.78, 5) is 15.5. The number of rotatable bonds is 5. The number of ether oxygens (including phenoxy) is 1. The van der Waals surface area contributed by atoms with E-state index in [1.165, 1.54) is 7.11 Å². The number of benzene rings is 3. The number of hydrogen-bond acceptors (Lipinski definition) is 5. The fraction of sp³-hybridized carbons (Fsp3) is 0.214. The predicted molar refractivity (Wildman–Crippen MR) is 140 cm³/mol. The van der Waals surface area contributed by atoms with Crippen molar-refractivity contribution in [2.24, 2.45) is 0 Å². The zero-order valence-corrected chi connectivity index (χ0v) is 22.0. The van der Waals surface area contributed by atoms with Crippen LogP contribution in [-0.2, 0) is 6.54 Å². The standard InChI is InChI=1S/C28H26BrN3O4/c1-14-5-7-17(8-6-14)13-32-25(18-11-20(29)27(34)21(12-18)36-4)22-23(30-31-24(22)28(32)35)19-10-15(2)9-16(3)26(19)33/h5-12,25,33-34H,13H2,1-4H3,(H,30,31). The molecule has 5 rings (SSSR count). The molecule has 0 aliphatic carbocycles. The fourth-order valence-electron chi connectivity index (χ4n) is 4.85. The van der Waals surface area contributed by atoms with Gasteiger partial charge in [0.1, 0.15) is 17.1 Å². The lowest BCUT2D eigenvalue weighted by molar-refractivity contribution is 0.0730. The molecule has 7 nitrogen and oxygen atoms in total. The second-order valence-corrected chi connectivity index (χ2v) is 10.1. The highest BCUT2D eigenvalue weighted by Gasteiger charge is 2.43. The Kier molecular flexibility index (Phi) is 6.00. The third-order valence-corrected chi connectivity index (χ3v) is 7.23. The molecule has 2 heterocycles. The van der Waals surface area contributed by atoms with Crippen LogP contribution >= 0.6 is 15.9 Å². The van der Waals surface area contributed by atoms with Gasteiger partial charge in [0, 0.05) is 17.7 Å². The topological polar surface area (TPSA) is 98.7 Å². The highest BCUT2D eigenvalue weighted by molar-refractivity contribution is 9.10. The van der Waals surface area contributed by atoms with E-state index in [-0.39, 0.29) is 23.2 Å². The van der Waals surface area contributed by atoms with E-state index in [9.17, 15) is 15.0 Å². The fourth-order valence-corrected chi connectivity index (χ4v) is 5.31. The van der Waals surface area contributed by atoms with Crippen molar-refractivity contribution in [3.63, 3.8) is 0 Å². The third kappa shape index (κ3) is 3.91. The molecule has 4 aromatic rings. The zero-order chi connectivity index (χ0) is 25.7. The number of methoxy groups -OCH3 is 1. The van der Waals surface area contributed by atoms with E-state index >= 15 is 0 Å². The average Bonchev–Trinajstić information content (AvgIpc) is 3.38. The number of carbonyl (C=O) groups is 1. The molecular weight excluding hydrogens is 522 g/mol. The lowest BCUT2D eigenvalue weighted by Gasteiger charge is -2.27. The van der Waals surface area contributed by atoms with Crippen molar-refractivity contribution >= 4 is 21.8 Å². The molecule has 1 unspecified atom stereocenters. The van der Waals surface area contributed by atoms with Gasteiger partial charge in [-0.1, -0.05) is 35.9 Å². The van der Waals surface area contributed by atoms with Crippen molar-refractivity contribution in [1.29, 1.82) is 0 Å². The Hall–Kier alpha value is -3.78. The Morgan fingerprint density at radius 3 is 2.44 bits per heavy atom. The van der Waals surface area contributed by atoms with Crippen LogP contribution in [0.5, 0.6) is 17.2 Å². The normalized spacial score (nSPS) is 14.9. The summed E-state index contributed by atoms with van der Waals surface area (Å²) in [6.45, 7) is 6.18. The molecule has 1 aliphatic rings. The molecule has 8 heteroatoms. The van der Waals surface area contributed by atoms with Gasteiger partial charge in [-0.15, -0.1) is 0 Å². The van der Waals surface area contributed by atoms with E-state index in [0.717, 1.165) is 27.8 Å². The lowest BCUT2D eigenvalue weighted by atomic mass is 9.93. The summed E-state index contributed by atoms with van der Waals surface area (Å²) in [7, 11) is 1.48. The van der Waals surface area contributed by atoms with Crippen molar-refractivity contribution in [2.45, 2.75) is 33.4 Å². The van der Waals surface area contributed by atoms with Crippen molar-refractivity contribution in [1.82, 2.24) is 15.1 Å². The summed E-state index contributed by atoms with van der Waals surface area (Å²) in [5.74, 6) is 0.203. The van der Waals surface area contributed by atoms with Crippen molar-refractivity contribution in [2.75, 3.05) is 7.11 Å². The van der Waals surface area contributed by atoms with Gasteiger partial charge in [-0.3, -0.25) is 9.89 Å². The first-order valence-electron chi connectivity index (χ1n) is 11.5. The molecule has 0 saturated carbocycles. The summed E-state index contributed by atoms with van der Waals surface area (Å²) in [6.07, 6.45) is 0.